The van der Waals surface area contributed by atoms with Gasteiger partial charge in [-0.3, -0.25) is 4.79 Å². The molecule has 0 spiro atoms. The van der Waals surface area contributed by atoms with Crippen LogP contribution in [0.3, 0.4) is 0 Å². The van der Waals surface area contributed by atoms with E-state index in [1.54, 1.807) is 7.05 Å². The molecule has 4 heterocycles. The Labute approximate surface area is 247 Å². The molecule has 1 fully saturated rings. The lowest BCUT2D eigenvalue weighted by atomic mass is 9.95. The Hall–Kier alpha value is -4.22. The standard InChI is InChI=1S/C27H25F4N7O5S/c1-37-10-2-9-26(28,14-37)24-35-34-22(42-24)17-7-8-20-19(11-17)38(23(39)18(32)13-44(20,40)41)12-15-3-5-16(6-4-15)21-33-25(43-36-21)27(29,30)31/h3-8,11,18H,2,9-10,12-14,32H2,1H3/t18-,26?/m0/s1. The van der Waals surface area contributed by atoms with Crippen LogP contribution in [0.15, 0.2) is 56.3 Å². The lowest BCUT2D eigenvalue weighted by molar-refractivity contribution is -0.159. The molecule has 2 aliphatic heterocycles. The predicted molar refractivity (Wildman–Crippen MR) is 145 cm³/mol. The molecule has 4 aromatic rings. The highest BCUT2D eigenvalue weighted by atomic mass is 32.2. The number of rotatable bonds is 5. The van der Waals surface area contributed by atoms with E-state index in [-0.39, 0.29) is 58.8 Å². The summed E-state index contributed by atoms with van der Waals surface area (Å²) in [6, 6.07) is 8.67. The number of carbonyl (C=O) groups is 1. The minimum absolute atomic E-state index is 0.00428. The SMILES string of the molecule is CN1CCCC(F)(c2nnc(-c3ccc4c(c3)N(Cc3ccc(-c5noc(C(F)(F)F)n5)cc3)C(=O)[C@@H](N)CS4(=O)=O)o2)C1. The number of benzene rings is 2. The molecule has 2 aliphatic rings. The van der Waals surface area contributed by atoms with Crippen molar-refractivity contribution in [3.63, 3.8) is 0 Å². The number of alkyl halides is 4. The van der Waals surface area contributed by atoms with Gasteiger partial charge >= 0.3 is 12.1 Å². The van der Waals surface area contributed by atoms with Crippen molar-refractivity contribution in [1.29, 1.82) is 0 Å². The van der Waals surface area contributed by atoms with Gasteiger partial charge in [-0.15, -0.1) is 10.2 Å². The summed E-state index contributed by atoms with van der Waals surface area (Å²) in [5.41, 5.74) is 5.13. The maximum atomic E-state index is 15.7. The Morgan fingerprint density at radius 3 is 2.52 bits per heavy atom. The highest BCUT2D eigenvalue weighted by molar-refractivity contribution is 7.91. The Kier molecular flexibility index (Phi) is 7.28. The number of hydrogen-bond donors (Lipinski definition) is 1. The van der Waals surface area contributed by atoms with Gasteiger partial charge in [-0.05, 0) is 50.2 Å². The summed E-state index contributed by atoms with van der Waals surface area (Å²) in [7, 11) is -2.22. The summed E-state index contributed by atoms with van der Waals surface area (Å²) in [5, 5.41) is 11.3. The minimum atomic E-state index is -4.80. The second-order valence-electron chi connectivity index (χ2n) is 10.8. The predicted octanol–water partition coefficient (Wildman–Crippen LogP) is 3.34. The van der Waals surface area contributed by atoms with Gasteiger partial charge in [0.15, 0.2) is 9.84 Å². The van der Waals surface area contributed by atoms with Crippen molar-refractivity contribution in [1.82, 2.24) is 25.2 Å². The molecule has 1 amide bonds. The highest BCUT2D eigenvalue weighted by Gasteiger charge is 2.42. The first-order valence-corrected chi connectivity index (χ1v) is 15.0. The van der Waals surface area contributed by atoms with Gasteiger partial charge in [0.05, 0.1) is 28.9 Å². The van der Waals surface area contributed by atoms with Crippen LogP contribution in [-0.2, 0) is 33.0 Å². The van der Waals surface area contributed by atoms with Crippen LogP contribution in [0, 0.1) is 0 Å². The van der Waals surface area contributed by atoms with Crippen LogP contribution in [0.2, 0.25) is 0 Å². The average Bonchev–Trinajstić information content (AvgIpc) is 3.66. The third kappa shape index (κ3) is 5.57. The van der Waals surface area contributed by atoms with Gasteiger partial charge in [0.1, 0.15) is 0 Å². The van der Waals surface area contributed by atoms with Crippen molar-refractivity contribution >= 4 is 21.4 Å². The smallest absolute Gasteiger partial charge is 0.417 e. The fourth-order valence-electron chi connectivity index (χ4n) is 5.31. The normalized spacial score (nSPS) is 22.5. The first kappa shape index (κ1) is 29.8. The molecular formula is C27H25F4N7O5S. The molecular weight excluding hydrogens is 610 g/mol. The molecule has 0 bridgehead atoms. The zero-order valence-electron chi connectivity index (χ0n) is 23.1. The van der Waals surface area contributed by atoms with Crippen molar-refractivity contribution in [3.8, 4) is 22.8 Å². The van der Waals surface area contributed by atoms with E-state index in [1.807, 2.05) is 4.90 Å². The summed E-state index contributed by atoms with van der Waals surface area (Å²) in [4.78, 5) is 19.6. The molecule has 0 aliphatic carbocycles. The summed E-state index contributed by atoms with van der Waals surface area (Å²) in [6.07, 6.45) is -3.99. The number of nitrogens with two attached hydrogens (primary N) is 1. The van der Waals surface area contributed by atoms with Crippen molar-refractivity contribution in [2.24, 2.45) is 5.73 Å². The van der Waals surface area contributed by atoms with Gasteiger partial charge in [-0.2, -0.15) is 18.2 Å². The Morgan fingerprint density at radius 2 is 1.84 bits per heavy atom. The largest absolute Gasteiger partial charge is 0.471 e. The van der Waals surface area contributed by atoms with Crippen LogP contribution >= 0.6 is 0 Å². The second kappa shape index (κ2) is 10.7. The van der Waals surface area contributed by atoms with Gasteiger partial charge in [-0.25, -0.2) is 12.8 Å². The minimum Gasteiger partial charge on any atom is -0.417 e. The van der Waals surface area contributed by atoms with Crippen molar-refractivity contribution < 1.29 is 39.7 Å². The Balaban J connectivity index is 1.33. The number of hydrogen-bond acceptors (Lipinski definition) is 11. The van der Waals surface area contributed by atoms with Gasteiger partial charge in [0.2, 0.25) is 23.3 Å². The van der Waals surface area contributed by atoms with Crippen LogP contribution in [-0.4, -0.2) is 71.5 Å². The maximum absolute atomic E-state index is 15.7. The van der Waals surface area contributed by atoms with Gasteiger partial charge in [0.25, 0.3) is 5.89 Å². The fourth-order valence-corrected chi connectivity index (χ4v) is 6.87. The zero-order chi connectivity index (χ0) is 31.4. The van der Waals surface area contributed by atoms with E-state index in [2.05, 4.69) is 24.9 Å². The molecule has 17 heteroatoms. The number of aromatic nitrogens is 4. The number of likely N-dealkylation sites (N-methyl/N-ethyl adjacent to an activating group) is 1. The molecule has 6 rings (SSSR count). The second-order valence-corrected chi connectivity index (χ2v) is 12.8. The number of sulfone groups is 1. The van der Waals surface area contributed by atoms with Crippen LogP contribution in [0.4, 0.5) is 23.2 Å². The Morgan fingerprint density at radius 1 is 1.11 bits per heavy atom. The van der Waals surface area contributed by atoms with E-state index < -0.39 is 45.3 Å². The molecule has 44 heavy (non-hydrogen) atoms. The Bertz CT molecular complexity index is 1830. The number of piperidine rings is 1. The molecule has 12 nitrogen and oxygen atoms in total. The van der Waals surface area contributed by atoms with Gasteiger partial charge < -0.3 is 24.5 Å². The molecule has 2 aromatic heterocycles. The van der Waals surface area contributed by atoms with E-state index in [1.165, 1.54) is 47.4 Å². The number of halogens is 4. The van der Waals surface area contributed by atoms with Crippen LogP contribution in [0.5, 0.6) is 0 Å². The summed E-state index contributed by atoms with van der Waals surface area (Å²) in [6.45, 7) is 0.664. The fraction of sp³-hybridized carbons (Fsp3) is 0.370. The number of fused-ring (bicyclic) bond motifs is 1. The zero-order valence-corrected chi connectivity index (χ0v) is 23.9. The lowest BCUT2D eigenvalue weighted by Crippen LogP contribution is -2.45. The quantitative estimate of drug-likeness (QED) is 0.320. The lowest BCUT2D eigenvalue weighted by Gasteiger charge is -2.32. The molecule has 2 N–H and O–H groups in total. The number of likely N-dealkylation sites (tertiary alicyclic amines) is 1. The van der Waals surface area contributed by atoms with Crippen molar-refractivity contribution in [2.45, 2.75) is 42.2 Å². The van der Waals surface area contributed by atoms with Crippen molar-refractivity contribution in [3.05, 3.63) is 59.8 Å². The van der Waals surface area contributed by atoms with E-state index >= 15 is 4.39 Å². The molecule has 2 atom stereocenters. The van der Waals surface area contributed by atoms with Crippen molar-refractivity contribution in [2.75, 3.05) is 30.8 Å². The molecule has 2 aromatic carbocycles. The van der Waals surface area contributed by atoms with Crippen LogP contribution < -0.4 is 10.6 Å². The van der Waals surface area contributed by atoms with Gasteiger partial charge in [-0.1, -0.05) is 29.4 Å². The number of anilines is 1. The topological polar surface area (TPSA) is 162 Å². The molecule has 0 radical (unpaired) electrons. The monoisotopic (exact) mass is 635 g/mol. The van der Waals surface area contributed by atoms with E-state index in [4.69, 9.17) is 10.2 Å². The number of amides is 1. The molecule has 1 saturated heterocycles. The summed E-state index contributed by atoms with van der Waals surface area (Å²) < 4.78 is 90.6. The summed E-state index contributed by atoms with van der Waals surface area (Å²) >= 11 is 0. The van der Waals surface area contributed by atoms with Crippen LogP contribution in [0.25, 0.3) is 22.8 Å². The highest BCUT2D eigenvalue weighted by Crippen LogP contribution is 2.38. The molecule has 0 saturated carbocycles. The third-order valence-electron chi connectivity index (χ3n) is 7.48. The van der Waals surface area contributed by atoms with E-state index in [0.717, 1.165) is 6.54 Å². The number of carbonyl (C=O) groups excluding carboxylic acids is 1. The molecule has 1 unspecified atom stereocenters. The van der Waals surface area contributed by atoms with E-state index in [0.29, 0.717) is 12.0 Å². The molecule has 232 valence electrons. The maximum Gasteiger partial charge on any atom is 0.471 e. The first-order chi connectivity index (χ1) is 20.7. The number of nitrogens with zero attached hydrogens (tertiary/aromatic N) is 6. The van der Waals surface area contributed by atoms with Crippen LogP contribution in [0.1, 0.15) is 30.2 Å². The van der Waals surface area contributed by atoms with E-state index in [9.17, 15) is 26.4 Å². The summed E-state index contributed by atoms with van der Waals surface area (Å²) in [5.74, 6) is -3.34. The van der Waals surface area contributed by atoms with Gasteiger partial charge in [0, 0.05) is 17.7 Å². The average molecular weight is 636 g/mol. The third-order valence-corrected chi connectivity index (χ3v) is 9.29. The first-order valence-electron chi connectivity index (χ1n) is 13.4.